The molecular weight excluding hydrogens is 404 g/mol. The van der Waals surface area contributed by atoms with Gasteiger partial charge in [0, 0.05) is 38.1 Å². The van der Waals surface area contributed by atoms with Gasteiger partial charge in [0.25, 0.3) is 5.91 Å². The Bertz CT molecular complexity index is 966. The van der Waals surface area contributed by atoms with Crippen LogP contribution >= 0.6 is 15.9 Å². The number of hydrogen-bond donors (Lipinski definition) is 0. The smallest absolute Gasteiger partial charge is 0.289 e. The van der Waals surface area contributed by atoms with Gasteiger partial charge in [-0.3, -0.25) is 9.69 Å². The summed E-state index contributed by atoms with van der Waals surface area (Å²) >= 11 is 3.49. The Morgan fingerprint density at radius 1 is 1.07 bits per heavy atom. The maximum Gasteiger partial charge on any atom is 0.289 e. The molecule has 1 aliphatic heterocycles. The van der Waals surface area contributed by atoms with Crippen LogP contribution in [0, 0.1) is 6.92 Å². The highest BCUT2D eigenvalue weighted by atomic mass is 79.9. The molecular formula is C22H23BrN2O2. The molecule has 0 radical (unpaired) electrons. The second-order valence-electron chi connectivity index (χ2n) is 7.12. The maximum atomic E-state index is 13.0. The number of nitrogens with zero attached hydrogens (tertiary/aromatic N) is 2. The summed E-state index contributed by atoms with van der Waals surface area (Å²) in [4.78, 5) is 17.3. The number of carbonyl (C=O) groups is 1. The van der Waals surface area contributed by atoms with Gasteiger partial charge >= 0.3 is 0 Å². The summed E-state index contributed by atoms with van der Waals surface area (Å²) in [5.41, 5.74) is 3.42. The molecule has 0 aliphatic carbocycles. The van der Waals surface area contributed by atoms with Crippen LogP contribution in [0.25, 0.3) is 11.0 Å². The first-order chi connectivity index (χ1) is 13.1. The first kappa shape index (κ1) is 18.3. The number of rotatable bonds is 3. The van der Waals surface area contributed by atoms with E-state index in [4.69, 9.17) is 4.42 Å². The fourth-order valence-electron chi connectivity index (χ4n) is 3.65. The molecule has 1 fully saturated rings. The molecule has 0 bridgehead atoms. The minimum Gasteiger partial charge on any atom is -0.450 e. The van der Waals surface area contributed by atoms with E-state index in [-0.39, 0.29) is 5.91 Å². The van der Waals surface area contributed by atoms with Crippen molar-refractivity contribution in [2.24, 2.45) is 0 Å². The van der Waals surface area contributed by atoms with E-state index >= 15 is 0 Å². The van der Waals surface area contributed by atoms with Crippen LogP contribution < -0.4 is 0 Å². The number of hydrogen-bond acceptors (Lipinski definition) is 3. The highest BCUT2D eigenvalue weighted by molar-refractivity contribution is 9.10. The summed E-state index contributed by atoms with van der Waals surface area (Å²) in [6.07, 6.45) is 0.974. The Hall–Kier alpha value is -2.11. The van der Waals surface area contributed by atoms with Gasteiger partial charge in [-0.1, -0.05) is 36.4 Å². The van der Waals surface area contributed by atoms with Crippen molar-refractivity contribution in [1.29, 1.82) is 0 Å². The first-order valence-electron chi connectivity index (χ1n) is 9.36. The van der Waals surface area contributed by atoms with Crippen molar-refractivity contribution in [2.45, 2.75) is 19.9 Å². The van der Waals surface area contributed by atoms with Crippen LogP contribution in [0.4, 0.5) is 0 Å². The molecule has 140 valence electrons. The van der Waals surface area contributed by atoms with Crippen molar-refractivity contribution < 1.29 is 9.21 Å². The molecule has 1 saturated heterocycles. The molecule has 1 amide bonds. The highest BCUT2D eigenvalue weighted by Crippen LogP contribution is 2.27. The van der Waals surface area contributed by atoms with Crippen LogP contribution in [0.3, 0.4) is 0 Å². The summed E-state index contributed by atoms with van der Waals surface area (Å²) in [6.45, 7) is 6.47. The molecule has 0 N–H and O–H groups in total. The van der Waals surface area contributed by atoms with Gasteiger partial charge < -0.3 is 9.32 Å². The fourth-order valence-corrected chi connectivity index (χ4v) is 4.11. The molecule has 1 aromatic heterocycles. The Kier molecular flexibility index (Phi) is 5.32. The molecule has 1 aliphatic rings. The second kappa shape index (κ2) is 7.87. The molecule has 3 aromatic rings. The molecule has 5 heteroatoms. The van der Waals surface area contributed by atoms with Crippen LogP contribution in [0.1, 0.15) is 28.1 Å². The SMILES string of the molecule is Cc1ccccc1CN1CCCN(C(=O)c2cc3cccc(Br)c3o2)CC1. The van der Waals surface area contributed by atoms with E-state index in [2.05, 4.69) is 52.0 Å². The lowest BCUT2D eigenvalue weighted by Crippen LogP contribution is -2.35. The van der Waals surface area contributed by atoms with Gasteiger partial charge in [0.15, 0.2) is 5.76 Å². The number of amides is 1. The first-order valence-corrected chi connectivity index (χ1v) is 10.2. The zero-order valence-corrected chi connectivity index (χ0v) is 17.0. The minimum atomic E-state index is -0.0177. The summed E-state index contributed by atoms with van der Waals surface area (Å²) in [5.74, 6) is 0.403. The molecule has 4 nitrogen and oxygen atoms in total. The number of halogens is 1. The fraction of sp³-hybridized carbons (Fsp3) is 0.318. The Morgan fingerprint density at radius 2 is 1.93 bits per heavy atom. The highest BCUT2D eigenvalue weighted by Gasteiger charge is 2.23. The average Bonchev–Trinajstić information content (AvgIpc) is 2.98. The Labute approximate surface area is 167 Å². The topological polar surface area (TPSA) is 36.7 Å². The molecule has 2 aromatic carbocycles. The van der Waals surface area contributed by atoms with Crippen molar-refractivity contribution in [1.82, 2.24) is 9.80 Å². The summed E-state index contributed by atoms with van der Waals surface area (Å²) in [7, 11) is 0. The van der Waals surface area contributed by atoms with Gasteiger partial charge in [0.2, 0.25) is 0 Å². The van der Waals surface area contributed by atoms with Crippen LogP contribution in [0.5, 0.6) is 0 Å². The number of carbonyl (C=O) groups excluding carboxylic acids is 1. The third-order valence-corrected chi connectivity index (χ3v) is 5.86. The van der Waals surface area contributed by atoms with Gasteiger partial charge in [-0.15, -0.1) is 0 Å². The molecule has 4 rings (SSSR count). The van der Waals surface area contributed by atoms with Gasteiger partial charge in [-0.25, -0.2) is 0 Å². The third-order valence-electron chi connectivity index (χ3n) is 5.24. The van der Waals surface area contributed by atoms with E-state index in [1.54, 1.807) is 0 Å². The van der Waals surface area contributed by atoms with E-state index in [0.29, 0.717) is 5.76 Å². The third kappa shape index (κ3) is 3.94. The van der Waals surface area contributed by atoms with Crippen molar-refractivity contribution in [3.05, 3.63) is 69.9 Å². The number of furan rings is 1. The standard InChI is InChI=1S/C22H23BrN2O2/c1-16-6-2-3-7-18(16)15-24-10-5-11-25(13-12-24)22(26)20-14-17-8-4-9-19(23)21(17)27-20/h2-4,6-9,14H,5,10-13,15H2,1H3. The molecule has 0 saturated carbocycles. The summed E-state index contributed by atoms with van der Waals surface area (Å²) in [6, 6.07) is 16.2. The normalized spacial score (nSPS) is 15.9. The quantitative estimate of drug-likeness (QED) is 0.600. The van der Waals surface area contributed by atoms with Crippen LogP contribution in [-0.4, -0.2) is 41.9 Å². The maximum absolute atomic E-state index is 13.0. The lowest BCUT2D eigenvalue weighted by molar-refractivity contribution is 0.0731. The van der Waals surface area contributed by atoms with Gasteiger partial charge in [-0.2, -0.15) is 0 Å². The minimum absolute atomic E-state index is 0.0177. The zero-order chi connectivity index (χ0) is 18.8. The lowest BCUT2D eigenvalue weighted by atomic mass is 10.1. The molecule has 27 heavy (non-hydrogen) atoms. The molecule has 2 heterocycles. The van der Waals surface area contributed by atoms with Crippen LogP contribution in [0.2, 0.25) is 0 Å². The summed E-state index contributed by atoms with van der Waals surface area (Å²) in [5, 5.41) is 0.948. The lowest BCUT2D eigenvalue weighted by Gasteiger charge is -2.22. The summed E-state index contributed by atoms with van der Waals surface area (Å²) < 4.78 is 6.72. The Morgan fingerprint density at radius 3 is 2.74 bits per heavy atom. The monoisotopic (exact) mass is 426 g/mol. The molecule has 0 unspecified atom stereocenters. The van der Waals surface area contributed by atoms with Crippen molar-refractivity contribution in [2.75, 3.05) is 26.2 Å². The zero-order valence-electron chi connectivity index (χ0n) is 15.5. The van der Waals surface area contributed by atoms with Gasteiger partial charge in [0.1, 0.15) is 5.58 Å². The van der Waals surface area contributed by atoms with Gasteiger partial charge in [0.05, 0.1) is 4.47 Å². The van der Waals surface area contributed by atoms with Crippen LogP contribution in [0.15, 0.2) is 57.4 Å². The number of para-hydroxylation sites is 1. The van der Waals surface area contributed by atoms with Crippen LogP contribution in [-0.2, 0) is 6.54 Å². The average molecular weight is 427 g/mol. The van der Waals surface area contributed by atoms with E-state index in [1.165, 1.54) is 11.1 Å². The van der Waals surface area contributed by atoms with E-state index < -0.39 is 0 Å². The second-order valence-corrected chi connectivity index (χ2v) is 7.97. The predicted octanol–water partition coefficient (Wildman–Crippen LogP) is 4.85. The number of aryl methyl sites for hydroxylation is 1. The largest absolute Gasteiger partial charge is 0.450 e. The van der Waals surface area contributed by atoms with E-state index in [1.807, 2.05) is 29.2 Å². The van der Waals surface area contributed by atoms with Crippen molar-refractivity contribution >= 4 is 32.8 Å². The Balaban J connectivity index is 1.45. The number of fused-ring (bicyclic) bond motifs is 1. The molecule has 0 spiro atoms. The van der Waals surface area contributed by atoms with E-state index in [9.17, 15) is 4.79 Å². The predicted molar refractivity (Wildman–Crippen MR) is 111 cm³/mol. The van der Waals surface area contributed by atoms with Crippen molar-refractivity contribution in [3.63, 3.8) is 0 Å². The van der Waals surface area contributed by atoms with E-state index in [0.717, 1.165) is 54.6 Å². The molecule has 0 atom stereocenters. The number of benzene rings is 2. The van der Waals surface area contributed by atoms with Crippen molar-refractivity contribution in [3.8, 4) is 0 Å². The van der Waals surface area contributed by atoms with Gasteiger partial charge in [-0.05, 0) is 52.5 Å².